The topological polar surface area (TPSA) is 56.8 Å². The number of carbonyl (C=O) groups excluding carboxylic acids is 2. The maximum atomic E-state index is 12.9. The Bertz CT molecular complexity index is 1140. The molecule has 2 saturated heterocycles. The molecule has 2 fully saturated rings. The number of carbonyl (C=O) groups is 2. The zero-order chi connectivity index (χ0) is 23.5. The maximum absolute atomic E-state index is 12.9. The highest BCUT2D eigenvalue weighted by Crippen LogP contribution is 2.26. The number of hydrogen-bond donors (Lipinski definition) is 0. The van der Waals surface area contributed by atoms with Crippen molar-refractivity contribution in [3.63, 3.8) is 0 Å². The Morgan fingerprint density at radius 3 is 2.44 bits per heavy atom. The second kappa shape index (κ2) is 10.5. The van der Waals surface area contributed by atoms with Gasteiger partial charge < -0.3 is 9.80 Å². The van der Waals surface area contributed by atoms with E-state index in [0.29, 0.717) is 24.1 Å². The van der Waals surface area contributed by atoms with Crippen molar-refractivity contribution >= 4 is 46.5 Å². The average molecular weight is 513 g/mol. The summed E-state index contributed by atoms with van der Waals surface area (Å²) in [6, 6.07) is 16.1. The Kier molecular flexibility index (Phi) is 7.20. The van der Waals surface area contributed by atoms with Crippen molar-refractivity contribution in [2.75, 3.05) is 39.3 Å². The van der Waals surface area contributed by atoms with Crippen LogP contribution in [0.2, 0.25) is 5.02 Å². The third-order valence-corrected chi connectivity index (χ3v) is 8.35. The molecule has 0 unspecified atom stereocenters. The van der Waals surface area contributed by atoms with Gasteiger partial charge in [-0.15, -0.1) is 23.1 Å². The van der Waals surface area contributed by atoms with Gasteiger partial charge >= 0.3 is 0 Å². The molecule has 2 aromatic carbocycles. The summed E-state index contributed by atoms with van der Waals surface area (Å²) in [6.45, 7) is 4.57. The molecule has 1 aromatic heterocycles. The molecule has 3 aromatic rings. The number of piperazine rings is 1. The first kappa shape index (κ1) is 23.4. The predicted octanol–water partition coefficient (Wildman–Crippen LogP) is 4.37. The summed E-state index contributed by atoms with van der Waals surface area (Å²) in [5.41, 5.74) is 1.90. The van der Waals surface area contributed by atoms with Crippen LogP contribution in [0.3, 0.4) is 0 Å². The molecule has 0 aliphatic carbocycles. The standard InChI is InChI=1S/C25H25ClN4O2S2/c26-20-2-1-3-22(14-20)34-17-18-4-6-19(7-5-18)24(31)30-15-21(16-30)28-9-11-29(12-10-28)25(32)23-27-8-13-33-23/h1-8,13-14,21H,9-12,15-17H2. The molecule has 3 heterocycles. The molecule has 176 valence electrons. The maximum Gasteiger partial charge on any atom is 0.282 e. The molecule has 2 aliphatic heterocycles. The van der Waals surface area contributed by atoms with Gasteiger partial charge in [-0.1, -0.05) is 29.8 Å². The summed E-state index contributed by atoms with van der Waals surface area (Å²) >= 11 is 9.17. The van der Waals surface area contributed by atoms with Crippen molar-refractivity contribution in [2.45, 2.75) is 16.7 Å². The molecule has 0 bridgehead atoms. The number of aromatic nitrogens is 1. The van der Waals surface area contributed by atoms with E-state index in [4.69, 9.17) is 11.6 Å². The zero-order valence-electron chi connectivity index (χ0n) is 18.6. The van der Waals surface area contributed by atoms with Gasteiger partial charge in [0.1, 0.15) is 0 Å². The summed E-state index contributed by atoms with van der Waals surface area (Å²) in [6.07, 6.45) is 1.67. The van der Waals surface area contributed by atoms with Crippen LogP contribution < -0.4 is 0 Å². The van der Waals surface area contributed by atoms with E-state index in [-0.39, 0.29) is 11.8 Å². The summed E-state index contributed by atoms with van der Waals surface area (Å²) < 4.78 is 0. The number of benzene rings is 2. The normalized spacial score (nSPS) is 17.0. The van der Waals surface area contributed by atoms with Gasteiger partial charge in [0.2, 0.25) is 0 Å². The van der Waals surface area contributed by atoms with Crippen LogP contribution in [0.25, 0.3) is 0 Å². The first-order valence-electron chi connectivity index (χ1n) is 11.3. The van der Waals surface area contributed by atoms with E-state index >= 15 is 0 Å². The third-order valence-electron chi connectivity index (χ3n) is 6.29. The van der Waals surface area contributed by atoms with E-state index < -0.39 is 0 Å². The van der Waals surface area contributed by atoms with Crippen molar-refractivity contribution in [2.24, 2.45) is 0 Å². The minimum atomic E-state index is 0.0227. The molecule has 0 saturated carbocycles. The van der Waals surface area contributed by atoms with Crippen LogP contribution in [0, 0.1) is 0 Å². The monoisotopic (exact) mass is 512 g/mol. The van der Waals surface area contributed by atoms with Crippen molar-refractivity contribution < 1.29 is 9.59 Å². The Labute approximate surface area is 212 Å². The highest BCUT2D eigenvalue weighted by Gasteiger charge is 2.37. The van der Waals surface area contributed by atoms with Crippen LogP contribution in [-0.2, 0) is 5.75 Å². The van der Waals surface area contributed by atoms with Crippen molar-refractivity contribution in [3.05, 3.63) is 81.3 Å². The third kappa shape index (κ3) is 5.30. The molecule has 6 nitrogen and oxygen atoms in total. The summed E-state index contributed by atoms with van der Waals surface area (Å²) in [7, 11) is 0. The lowest BCUT2D eigenvalue weighted by molar-refractivity contribution is 0.00853. The summed E-state index contributed by atoms with van der Waals surface area (Å²) in [4.78, 5) is 36.8. The number of hydrogen-bond acceptors (Lipinski definition) is 6. The van der Waals surface area contributed by atoms with Crippen LogP contribution in [0.15, 0.2) is 65.0 Å². The largest absolute Gasteiger partial charge is 0.335 e. The van der Waals surface area contributed by atoms with E-state index in [1.807, 2.05) is 63.7 Å². The van der Waals surface area contributed by atoms with Crippen LogP contribution in [0.5, 0.6) is 0 Å². The molecule has 0 atom stereocenters. The average Bonchev–Trinajstić information content (AvgIpc) is 3.37. The number of likely N-dealkylation sites (tertiary alicyclic amines) is 1. The van der Waals surface area contributed by atoms with Gasteiger partial charge in [0.15, 0.2) is 5.01 Å². The van der Waals surface area contributed by atoms with Crippen LogP contribution >= 0.6 is 34.7 Å². The number of thioether (sulfide) groups is 1. The van der Waals surface area contributed by atoms with E-state index in [0.717, 1.165) is 47.4 Å². The Morgan fingerprint density at radius 1 is 1.00 bits per heavy atom. The Morgan fingerprint density at radius 2 is 1.76 bits per heavy atom. The molecule has 5 rings (SSSR count). The van der Waals surface area contributed by atoms with Crippen molar-refractivity contribution in [1.29, 1.82) is 0 Å². The van der Waals surface area contributed by atoms with E-state index in [1.54, 1.807) is 18.0 Å². The lowest BCUT2D eigenvalue weighted by Crippen LogP contribution is -2.64. The molecular weight excluding hydrogens is 488 g/mol. The number of nitrogens with zero attached hydrogens (tertiary/aromatic N) is 4. The quantitative estimate of drug-likeness (QED) is 0.459. The van der Waals surface area contributed by atoms with Crippen molar-refractivity contribution in [3.8, 4) is 0 Å². The second-order valence-electron chi connectivity index (χ2n) is 8.47. The molecule has 0 N–H and O–H groups in total. The van der Waals surface area contributed by atoms with Gasteiger partial charge in [-0.3, -0.25) is 14.5 Å². The minimum Gasteiger partial charge on any atom is -0.335 e. The van der Waals surface area contributed by atoms with Gasteiger partial charge in [0.05, 0.1) is 0 Å². The molecule has 2 aliphatic rings. The number of thiazole rings is 1. The molecule has 0 spiro atoms. The molecular formula is C25H25ClN4O2S2. The number of halogens is 1. The first-order valence-corrected chi connectivity index (χ1v) is 13.5. The van der Waals surface area contributed by atoms with Crippen LogP contribution in [-0.4, -0.2) is 76.8 Å². The fraction of sp³-hybridized carbons (Fsp3) is 0.320. The zero-order valence-corrected chi connectivity index (χ0v) is 21.0. The number of amides is 2. The van der Waals surface area contributed by atoms with E-state index in [1.165, 1.54) is 16.9 Å². The molecule has 0 radical (unpaired) electrons. The van der Waals surface area contributed by atoms with E-state index in [2.05, 4.69) is 9.88 Å². The summed E-state index contributed by atoms with van der Waals surface area (Å²) in [5.74, 6) is 0.940. The first-order chi connectivity index (χ1) is 16.6. The van der Waals surface area contributed by atoms with Gasteiger partial charge in [0.25, 0.3) is 11.8 Å². The summed E-state index contributed by atoms with van der Waals surface area (Å²) in [5, 5.41) is 3.13. The van der Waals surface area contributed by atoms with Gasteiger partial charge in [-0.05, 0) is 35.9 Å². The van der Waals surface area contributed by atoms with Gasteiger partial charge in [-0.25, -0.2) is 4.98 Å². The Hall–Kier alpha value is -2.39. The van der Waals surface area contributed by atoms with Crippen LogP contribution in [0.4, 0.5) is 0 Å². The smallest absolute Gasteiger partial charge is 0.282 e. The van der Waals surface area contributed by atoms with Crippen LogP contribution in [0.1, 0.15) is 25.7 Å². The second-order valence-corrected chi connectivity index (χ2v) is 10.9. The van der Waals surface area contributed by atoms with E-state index in [9.17, 15) is 9.59 Å². The lowest BCUT2D eigenvalue weighted by atomic mass is 10.0. The number of rotatable bonds is 6. The highest BCUT2D eigenvalue weighted by molar-refractivity contribution is 7.98. The van der Waals surface area contributed by atoms with Gasteiger partial charge in [0, 0.05) is 78.1 Å². The fourth-order valence-electron chi connectivity index (χ4n) is 4.26. The highest BCUT2D eigenvalue weighted by atomic mass is 35.5. The SMILES string of the molecule is O=C(c1ccc(CSc2cccc(Cl)c2)cc1)N1CC(N2CCN(C(=O)c3nccs3)CC2)C1. The fourth-order valence-corrected chi connectivity index (χ4v) is 6.02. The molecule has 34 heavy (non-hydrogen) atoms. The molecule has 2 amide bonds. The van der Waals surface area contributed by atoms with Gasteiger partial charge in [-0.2, -0.15) is 0 Å². The Balaban J connectivity index is 1.07. The predicted molar refractivity (Wildman–Crippen MR) is 137 cm³/mol. The minimum absolute atomic E-state index is 0.0227. The lowest BCUT2D eigenvalue weighted by Gasteiger charge is -2.48. The molecule has 9 heteroatoms. The van der Waals surface area contributed by atoms with Crippen molar-refractivity contribution in [1.82, 2.24) is 19.7 Å².